The number of carboxylic acid groups (broad SMARTS) is 1. The average Bonchev–Trinajstić information content (AvgIpc) is 2.44. The summed E-state index contributed by atoms with van der Waals surface area (Å²) in [6.07, 6.45) is 2.88. The fraction of sp³-hybridized carbons (Fsp3) is 0.824. The van der Waals surface area contributed by atoms with Crippen molar-refractivity contribution >= 4 is 18.0 Å². The van der Waals surface area contributed by atoms with Crippen LogP contribution in [0.4, 0.5) is 4.79 Å². The smallest absolute Gasteiger partial charge is 0.411 e. The molecule has 140 valence electrons. The fourth-order valence-corrected chi connectivity index (χ4v) is 2.00. The quantitative estimate of drug-likeness (QED) is 0.658. The number of amides is 2. The molecule has 7 nitrogen and oxygen atoms in total. The van der Waals surface area contributed by atoms with E-state index in [0.29, 0.717) is 13.1 Å². The number of carbonyl (C=O) groups excluding carboxylic acids is 2. The highest BCUT2D eigenvalue weighted by Gasteiger charge is 2.27. The van der Waals surface area contributed by atoms with E-state index < -0.39 is 24.2 Å². The van der Waals surface area contributed by atoms with Crippen molar-refractivity contribution in [1.82, 2.24) is 9.80 Å². The molecule has 0 aromatic rings. The molecule has 0 saturated carbocycles. The Hall–Kier alpha value is -1.79. The standard InChI is InChI=1S/C17H32N2O5/c1-6-8-10-18(11-9-7-2)14(20)12-19(13-15(21)22)16(23)24-17(3,4)5/h6-13H2,1-5H3,(H,21,22). The van der Waals surface area contributed by atoms with E-state index in [-0.39, 0.29) is 12.5 Å². The first kappa shape index (κ1) is 22.2. The highest BCUT2D eigenvalue weighted by Crippen LogP contribution is 2.10. The number of rotatable bonds is 10. The van der Waals surface area contributed by atoms with Gasteiger partial charge >= 0.3 is 12.1 Å². The van der Waals surface area contributed by atoms with Crippen LogP contribution in [-0.2, 0) is 14.3 Å². The highest BCUT2D eigenvalue weighted by atomic mass is 16.6. The Kier molecular flexibility index (Phi) is 10.1. The Labute approximate surface area is 144 Å². The summed E-state index contributed by atoms with van der Waals surface area (Å²) >= 11 is 0. The van der Waals surface area contributed by atoms with E-state index in [0.717, 1.165) is 30.6 Å². The number of nitrogens with zero attached hydrogens (tertiary/aromatic N) is 2. The van der Waals surface area contributed by atoms with Gasteiger partial charge in [0, 0.05) is 13.1 Å². The van der Waals surface area contributed by atoms with Gasteiger partial charge in [0.15, 0.2) is 0 Å². The second-order valence-electron chi connectivity index (χ2n) is 6.82. The van der Waals surface area contributed by atoms with Crippen LogP contribution in [0, 0.1) is 0 Å². The summed E-state index contributed by atoms with van der Waals surface area (Å²) in [6, 6.07) is 0. The van der Waals surface area contributed by atoms with Gasteiger partial charge in [0.25, 0.3) is 0 Å². The molecule has 24 heavy (non-hydrogen) atoms. The van der Waals surface area contributed by atoms with E-state index in [4.69, 9.17) is 9.84 Å². The lowest BCUT2D eigenvalue weighted by Crippen LogP contribution is -2.47. The van der Waals surface area contributed by atoms with E-state index in [1.54, 1.807) is 25.7 Å². The van der Waals surface area contributed by atoms with Crippen molar-refractivity contribution in [3.63, 3.8) is 0 Å². The van der Waals surface area contributed by atoms with E-state index >= 15 is 0 Å². The van der Waals surface area contributed by atoms with E-state index in [1.165, 1.54) is 0 Å². The summed E-state index contributed by atoms with van der Waals surface area (Å²) in [6.45, 7) is 9.56. The van der Waals surface area contributed by atoms with Gasteiger partial charge < -0.3 is 14.7 Å². The van der Waals surface area contributed by atoms with Gasteiger partial charge in [-0.05, 0) is 33.6 Å². The summed E-state index contributed by atoms with van der Waals surface area (Å²) < 4.78 is 5.20. The Balaban J connectivity index is 4.97. The zero-order chi connectivity index (χ0) is 18.8. The molecule has 0 spiro atoms. The van der Waals surface area contributed by atoms with Crippen molar-refractivity contribution in [2.45, 2.75) is 65.9 Å². The molecule has 0 atom stereocenters. The number of carboxylic acids is 1. The molecular formula is C17H32N2O5. The summed E-state index contributed by atoms with van der Waals surface area (Å²) in [7, 11) is 0. The SMILES string of the molecule is CCCCN(CCCC)C(=O)CN(CC(=O)O)C(=O)OC(C)(C)C. The third kappa shape index (κ3) is 10.1. The molecule has 0 bridgehead atoms. The lowest BCUT2D eigenvalue weighted by Gasteiger charge is -2.29. The molecule has 0 aromatic carbocycles. The Bertz CT molecular complexity index is 410. The van der Waals surface area contributed by atoms with Gasteiger partial charge in [-0.1, -0.05) is 26.7 Å². The lowest BCUT2D eigenvalue weighted by molar-refractivity contribution is -0.139. The van der Waals surface area contributed by atoms with Crippen LogP contribution in [-0.4, -0.2) is 64.7 Å². The Morgan fingerprint density at radius 2 is 1.42 bits per heavy atom. The van der Waals surface area contributed by atoms with E-state index in [9.17, 15) is 14.4 Å². The minimum Gasteiger partial charge on any atom is -0.480 e. The molecule has 0 saturated heterocycles. The van der Waals surface area contributed by atoms with Gasteiger partial charge in [-0.3, -0.25) is 14.5 Å². The van der Waals surface area contributed by atoms with Crippen LogP contribution in [0.15, 0.2) is 0 Å². The topological polar surface area (TPSA) is 87.2 Å². The van der Waals surface area contributed by atoms with Crippen LogP contribution in [0.1, 0.15) is 60.3 Å². The monoisotopic (exact) mass is 344 g/mol. The number of ether oxygens (including phenoxy) is 1. The summed E-state index contributed by atoms with van der Waals surface area (Å²) in [5.41, 5.74) is -0.749. The molecule has 0 rings (SSSR count). The van der Waals surface area contributed by atoms with Crippen molar-refractivity contribution in [3.05, 3.63) is 0 Å². The normalized spacial score (nSPS) is 11.0. The number of carbonyl (C=O) groups is 3. The Morgan fingerprint density at radius 3 is 1.79 bits per heavy atom. The molecule has 0 aliphatic carbocycles. The maximum absolute atomic E-state index is 12.5. The van der Waals surface area contributed by atoms with Gasteiger partial charge in [0.2, 0.25) is 5.91 Å². The third-order valence-corrected chi connectivity index (χ3v) is 3.22. The lowest BCUT2D eigenvalue weighted by atomic mass is 10.2. The highest BCUT2D eigenvalue weighted by molar-refractivity contribution is 5.84. The predicted molar refractivity (Wildman–Crippen MR) is 91.8 cm³/mol. The minimum absolute atomic E-state index is 0.246. The molecule has 0 aliphatic heterocycles. The molecule has 0 aromatic heterocycles. The molecule has 0 unspecified atom stereocenters. The van der Waals surface area contributed by atoms with Crippen LogP contribution in [0.25, 0.3) is 0 Å². The zero-order valence-corrected chi connectivity index (χ0v) is 15.6. The predicted octanol–water partition coefficient (Wildman–Crippen LogP) is 2.74. The minimum atomic E-state index is -1.18. The molecule has 1 N–H and O–H groups in total. The molecule has 7 heteroatoms. The second kappa shape index (κ2) is 10.9. The van der Waals surface area contributed by atoms with Crippen molar-refractivity contribution in [3.8, 4) is 0 Å². The van der Waals surface area contributed by atoms with Crippen LogP contribution in [0.5, 0.6) is 0 Å². The molecule has 2 amide bonds. The van der Waals surface area contributed by atoms with Crippen LogP contribution < -0.4 is 0 Å². The van der Waals surface area contributed by atoms with Gasteiger partial charge in [0.1, 0.15) is 18.7 Å². The summed E-state index contributed by atoms with van der Waals surface area (Å²) in [4.78, 5) is 38.3. The van der Waals surface area contributed by atoms with E-state index in [2.05, 4.69) is 0 Å². The molecule has 0 aliphatic rings. The second-order valence-corrected chi connectivity index (χ2v) is 6.82. The first-order valence-corrected chi connectivity index (χ1v) is 8.58. The largest absolute Gasteiger partial charge is 0.480 e. The molecule has 0 heterocycles. The van der Waals surface area contributed by atoms with Gasteiger partial charge in [-0.15, -0.1) is 0 Å². The zero-order valence-electron chi connectivity index (χ0n) is 15.6. The van der Waals surface area contributed by atoms with Gasteiger partial charge in [0.05, 0.1) is 0 Å². The molecule has 0 radical (unpaired) electrons. The van der Waals surface area contributed by atoms with Crippen LogP contribution in [0.3, 0.4) is 0 Å². The summed E-state index contributed by atoms with van der Waals surface area (Å²) in [5, 5.41) is 8.99. The van der Waals surface area contributed by atoms with Crippen molar-refractivity contribution in [2.24, 2.45) is 0 Å². The third-order valence-electron chi connectivity index (χ3n) is 3.22. The van der Waals surface area contributed by atoms with Crippen LogP contribution >= 0.6 is 0 Å². The van der Waals surface area contributed by atoms with Crippen molar-refractivity contribution < 1.29 is 24.2 Å². The first-order chi connectivity index (χ1) is 11.1. The number of aliphatic carboxylic acids is 1. The summed E-state index contributed by atoms with van der Waals surface area (Å²) in [5.74, 6) is -1.42. The van der Waals surface area contributed by atoms with Crippen LogP contribution in [0.2, 0.25) is 0 Å². The fourth-order valence-electron chi connectivity index (χ4n) is 2.00. The van der Waals surface area contributed by atoms with Crippen molar-refractivity contribution in [2.75, 3.05) is 26.2 Å². The van der Waals surface area contributed by atoms with Gasteiger partial charge in [-0.25, -0.2) is 4.79 Å². The number of hydrogen-bond donors (Lipinski definition) is 1. The van der Waals surface area contributed by atoms with E-state index in [1.807, 2.05) is 13.8 Å². The number of unbranched alkanes of at least 4 members (excludes halogenated alkanes) is 2. The van der Waals surface area contributed by atoms with Crippen molar-refractivity contribution in [1.29, 1.82) is 0 Å². The maximum Gasteiger partial charge on any atom is 0.411 e. The first-order valence-electron chi connectivity index (χ1n) is 8.58. The Morgan fingerprint density at radius 1 is 0.917 bits per heavy atom. The molecule has 0 fully saturated rings. The molecular weight excluding hydrogens is 312 g/mol. The van der Waals surface area contributed by atoms with Gasteiger partial charge in [-0.2, -0.15) is 0 Å². The average molecular weight is 344 g/mol. The number of hydrogen-bond acceptors (Lipinski definition) is 4. The maximum atomic E-state index is 12.5.